The average molecular weight is 341 g/mol. The standard InChI is InChI=1S/C17H15N3O5/c1-17(2)16(22)19-14-12(4-3-5-13(14)25-17)18-15(21)10-6-8-11(9-7-10)20(23)24/h3-9H,1-2H3,(H,18,21)(H,19,22). The number of hydrogen-bond acceptors (Lipinski definition) is 5. The highest BCUT2D eigenvalue weighted by atomic mass is 16.6. The van der Waals surface area contributed by atoms with Gasteiger partial charge in [-0.2, -0.15) is 0 Å². The smallest absolute Gasteiger partial charge is 0.269 e. The number of nitro benzene ring substituents is 1. The van der Waals surface area contributed by atoms with Crippen LogP contribution < -0.4 is 15.4 Å². The van der Waals surface area contributed by atoms with Gasteiger partial charge in [-0.1, -0.05) is 6.07 Å². The van der Waals surface area contributed by atoms with Gasteiger partial charge in [0, 0.05) is 17.7 Å². The quantitative estimate of drug-likeness (QED) is 0.658. The van der Waals surface area contributed by atoms with Crippen LogP contribution in [-0.4, -0.2) is 22.3 Å². The second kappa shape index (κ2) is 5.90. The minimum absolute atomic E-state index is 0.100. The van der Waals surface area contributed by atoms with Gasteiger partial charge < -0.3 is 15.4 Å². The number of nitrogens with zero attached hydrogens (tertiary/aromatic N) is 1. The van der Waals surface area contributed by atoms with Gasteiger partial charge in [-0.3, -0.25) is 19.7 Å². The number of para-hydroxylation sites is 1. The van der Waals surface area contributed by atoms with Crippen molar-refractivity contribution in [3.8, 4) is 5.75 Å². The Hall–Kier alpha value is -3.42. The minimum atomic E-state index is -1.01. The van der Waals surface area contributed by atoms with E-state index in [1.165, 1.54) is 24.3 Å². The first-order valence-corrected chi connectivity index (χ1v) is 7.47. The van der Waals surface area contributed by atoms with Gasteiger partial charge in [-0.25, -0.2) is 0 Å². The van der Waals surface area contributed by atoms with Gasteiger partial charge in [0.05, 0.1) is 10.6 Å². The highest BCUT2D eigenvalue weighted by Crippen LogP contribution is 2.39. The van der Waals surface area contributed by atoms with Crippen molar-refractivity contribution in [1.82, 2.24) is 0 Å². The summed E-state index contributed by atoms with van der Waals surface area (Å²) in [7, 11) is 0. The molecule has 0 saturated carbocycles. The van der Waals surface area contributed by atoms with E-state index in [4.69, 9.17) is 4.74 Å². The molecule has 0 unspecified atom stereocenters. The molecule has 25 heavy (non-hydrogen) atoms. The third kappa shape index (κ3) is 3.14. The van der Waals surface area contributed by atoms with E-state index in [0.717, 1.165) is 0 Å². The zero-order chi connectivity index (χ0) is 18.2. The lowest BCUT2D eigenvalue weighted by Crippen LogP contribution is -2.45. The van der Waals surface area contributed by atoms with Crippen LogP contribution in [0.5, 0.6) is 5.75 Å². The number of hydrogen-bond donors (Lipinski definition) is 2. The number of carbonyl (C=O) groups excluding carboxylic acids is 2. The van der Waals surface area contributed by atoms with Crippen molar-refractivity contribution in [2.75, 3.05) is 10.6 Å². The van der Waals surface area contributed by atoms with Crippen LogP contribution in [0.15, 0.2) is 42.5 Å². The number of fused-ring (bicyclic) bond motifs is 1. The summed E-state index contributed by atoms with van der Waals surface area (Å²) in [6.45, 7) is 3.29. The van der Waals surface area contributed by atoms with Crippen molar-refractivity contribution in [1.29, 1.82) is 0 Å². The summed E-state index contributed by atoms with van der Waals surface area (Å²) in [5, 5.41) is 16.1. The molecule has 1 aliphatic heterocycles. The zero-order valence-corrected chi connectivity index (χ0v) is 13.5. The third-order valence-electron chi connectivity index (χ3n) is 3.77. The molecule has 0 fully saturated rings. The van der Waals surface area contributed by atoms with Crippen LogP contribution in [0.2, 0.25) is 0 Å². The third-order valence-corrected chi connectivity index (χ3v) is 3.77. The van der Waals surface area contributed by atoms with E-state index in [-0.39, 0.29) is 17.2 Å². The van der Waals surface area contributed by atoms with Crippen LogP contribution in [-0.2, 0) is 4.79 Å². The van der Waals surface area contributed by atoms with Gasteiger partial charge in [0.1, 0.15) is 11.4 Å². The van der Waals surface area contributed by atoms with E-state index >= 15 is 0 Å². The molecule has 2 aromatic rings. The topological polar surface area (TPSA) is 111 Å². The summed E-state index contributed by atoms with van der Waals surface area (Å²) in [4.78, 5) is 34.6. The summed E-state index contributed by atoms with van der Waals surface area (Å²) in [6.07, 6.45) is 0. The normalized spacial score (nSPS) is 14.7. The van der Waals surface area contributed by atoms with Crippen molar-refractivity contribution in [2.45, 2.75) is 19.4 Å². The molecule has 2 N–H and O–H groups in total. The molecule has 1 aliphatic rings. The lowest BCUT2D eigenvalue weighted by atomic mass is 10.1. The average Bonchev–Trinajstić information content (AvgIpc) is 2.56. The molecule has 128 valence electrons. The number of non-ortho nitro benzene ring substituents is 1. The molecule has 1 heterocycles. The fraction of sp³-hybridized carbons (Fsp3) is 0.176. The Morgan fingerprint density at radius 2 is 1.88 bits per heavy atom. The summed E-state index contributed by atoms with van der Waals surface area (Å²) < 4.78 is 5.66. The molecule has 0 saturated heterocycles. The van der Waals surface area contributed by atoms with Crippen LogP contribution in [0.3, 0.4) is 0 Å². The molecule has 8 heteroatoms. The van der Waals surface area contributed by atoms with Crippen LogP contribution in [0, 0.1) is 10.1 Å². The van der Waals surface area contributed by atoms with Crippen LogP contribution in [0.25, 0.3) is 0 Å². The molecule has 2 aromatic carbocycles. The number of anilines is 2. The number of amides is 2. The van der Waals surface area contributed by atoms with E-state index in [0.29, 0.717) is 17.1 Å². The van der Waals surface area contributed by atoms with Crippen molar-refractivity contribution in [3.63, 3.8) is 0 Å². The Labute approximate surface area is 142 Å². The maximum absolute atomic E-state index is 12.4. The van der Waals surface area contributed by atoms with Crippen molar-refractivity contribution >= 4 is 28.9 Å². The molecule has 2 amide bonds. The van der Waals surface area contributed by atoms with Crippen molar-refractivity contribution < 1.29 is 19.2 Å². The number of rotatable bonds is 3. The highest BCUT2D eigenvalue weighted by molar-refractivity contribution is 6.09. The van der Waals surface area contributed by atoms with Crippen LogP contribution in [0.4, 0.5) is 17.1 Å². The number of nitro groups is 1. The van der Waals surface area contributed by atoms with Crippen LogP contribution in [0.1, 0.15) is 24.2 Å². The van der Waals surface area contributed by atoms with E-state index in [2.05, 4.69) is 10.6 Å². The molecule has 0 aliphatic carbocycles. The lowest BCUT2D eigenvalue weighted by molar-refractivity contribution is -0.384. The van der Waals surface area contributed by atoms with Gasteiger partial charge in [-0.05, 0) is 38.1 Å². The van der Waals surface area contributed by atoms with Crippen molar-refractivity contribution in [3.05, 3.63) is 58.1 Å². The number of ether oxygens (including phenoxy) is 1. The molecule has 0 spiro atoms. The number of benzene rings is 2. The summed E-state index contributed by atoms with van der Waals surface area (Å²) in [5.41, 5.74) is -0.0940. The van der Waals surface area contributed by atoms with Crippen LogP contribution >= 0.6 is 0 Å². The molecular weight excluding hydrogens is 326 g/mol. The predicted molar refractivity (Wildman–Crippen MR) is 90.8 cm³/mol. The molecule has 3 rings (SSSR count). The maximum atomic E-state index is 12.4. The monoisotopic (exact) mass is 341 g/mol. The maximum Gasteiger partial charge on any atom is 0.269 e. The van der Waals surface area contributed by atoms with Gasteiger partial charge in [0.25, 0.3) is 17.5 Å². The largest absolute Gasteiger partial charge is 0.476 e. The Balaban J connectivity index is 1.85. The van der Waals surface area contributed by atoms with E-state index in [1.807, 2.05) is 0 Å². The first kappa shape index (κ1) is 16.4. The summed E-state index contributed by atoms with van der Waals surface area (Å²) >= 11 is 0. The van der Waals surface area contributed by atoms with Gasteiger partial charge in [0.2, 0.25) is 0 Å². The van der Waals surface area contributed by atoms with E-state index in [1.54, 1.807) is 32.0 Å². The number of nitrogens with one attached hydrogen (secondary N) is 2. The first-order chi connectivity index (χ1) is 11.8. The minimum Gasteiger partial charge on any atom is -0.476 e. The van der Waals surface area contributed by atoms with Gasteiger partial charge in [0.15, 0.2) is 5.60 Å². The second-order valence-corrected chi connectivity index (χ2v) is 6.00. The Morgan fingerprint density at radius 1 is 1.20 bits per heavy atom. The fourth-order valence-corrected chi connectivity index (χ4v) is 2.36. The van der Waals surface area contributed by atoms with E-state index < -0.39 is 16.4 Å². The molecule has 0 radical (unpaired) electrons. The van der Waals surface area contributed by atoms with Gasteiger partial charge in [-0.15, -0.1) is 0 Å². The van der Waals surface area contributed by atoms with E-state index in [9.17, 15) is 19.7 Å². The molecule has 0 atom stereocenters. The summed E-state index contributed by atoms with van der Waals surface area (Å²) in [6, 6.07) is 10.2. The fourth-order valence-electron chi connectivity index (χ4n) is 2.36. The first-order valence-electron chi connectivity index (χ1n) is 7.47. The van der Waals surface area contributed by atoms with Gasteiger partial charge >= 0.3 is 0 Å². The molecule has 0 bridgehead atoms. The second-order valence-electron chi connectivity index (χ2n) is 6.00. The zero-order valence-electron chi connectivity index (χ0n) is 13.5. The summed E-state index contributed by atoms with van der Waals surface area (Å²) in [5.74, 6) is -0.328. The molecule has 0 aromatic heterocycles. The number of carbonyl (C=O) groups is 2. The Bertz CT molecular complexity index is 874. The lowest BCUT2D eigenvalue weighted by Gasteiger charge is -2.32. The highest BCUT2D eigenvalue weighted by Gasteiger charge is 2.36. The molecular formula is C17H15N3O5. The molecule has 8 nitrogen and oxygen atoms in total. The predicted octanol–water partition coefficient (Wildman–Crippen LogP) is 2.96. The Kier molecular flexibility index (Phi) is 3.88. The SMILES string of the molecule is CC1(C)Oc2cccc(NC(=O)c3ccc([N+](=O)[O-])cc3)c2NC1=O. The Morgan fingerprint density at radius 3 is 2.52 bits per heavy atom. The van der Waals surface area contributed by atoms with Crippen molar-refractivity contribution in [2.24, 2.45) is 0 Å².